The van der Waals surface area contributed by atoms with Gasteiger partial charge in [-0.05, 0) is 18.1 Å². The van der Waals surface area contributed by atoms with Gasteiger partial charge in [-0.3, -0.25) is 11.3 Å². The molecule has 14 heavy (non-hydrogen) atoms. The van der Waals surface area contributed by atoms with Crippen molar-refractivity contribution in [1.82, 2.24) is 5.43 Å². The second kappa shape index (κ2) is 5.82. The number of halogens is 1. The Kier molecular flexibility index (Phi) is 4.68. The van der Waals surface area contributed by atoms with E-state index in [0.717, 1.165) is 10.9 Å². The number of hydrazine groups is 1. The third-order valence-electron chi connectivity index (χ3n) is 2.02. The van der Waals surface area contributed by atoms with Crippen LogP contribution in [-0.4, -0.2) is 6.04 Å². The van der Waals surface area contributed by atoms with Crippen molar-refractivity contribution in [3.63, 3.8) is 0 Å². The SMILES string of the molecule is C#CCC(Cc1ccccc1Br)NN. The Bertz CT molecular complexity index is 330. The zero-order valence-corrected chi connectivity index (χ0v) is 9.42. The summed E-state index contributed by atoms with van der Waals surface area (Å²) >= 11 is 3.48. The van der Waals surface area contributed by atoms with Gasteiger partial charge in [-0.1, -0.05) is 34.1 Å². The van der Waals surface area contributed by atoms with Crippen LogP contribution in [0.5, 0.6) is 0 Å². The topological polar surface area (TPSA) is 38.0 Å². The molecule has 0 aliphatic rings. The van der Waals surface area contributed by atoms with Gasteiger partial charge in [0, 0.05) is 16.9 Å². The summed E-state index contributed by atoms with van der Waals surface area (Å²) in [5.74, 6) is 8.00. The molecule has 0 aromatic heterocycles. The summed E-state index contributed by atoms with van der Waals surface area (Å²) in [6, 6.07) is 8.20. The molecule has 0 bridgehead atoms. The number of hydrogen-bond donors (Lipinski definition) is 2. The molecule has 1 aromatic rings. The lowest BCUT2D eigenvalue weighted by Gasteiger charge is -2.13. The summed E-state index contributed by atoms with van der Waals surface area (Å²) in [5, 5.41) is 0. The largest absolute Gasteiger partial charge is 0.271 e. The van der Waals surface area contributed by atoms with Crippen LogP contribution in [0.25, 0.3) is 0 Å². The monoisotopic (exact) mass is 252 g/mol. The van der Waals surface area contributed by atoms with Crippen LogP contribution in [0.4, 0.5) is 0 Å². The first kappa shape index (κ1) is 11.3. The van der Waals surface area contributed by atoms with E-state index in [4.69, 9.17) is 12.3 Å². The predicted molar refractivity (Wildman–Crippen MR) is 62.4 cm³/mol. The molecular weight excluding hydrogens is 240 g/mol. The van der Waals surface area contributed by atoms with Crippen LogP contribution in [0.1, 0.15) is 12.0 Å². The Hall–Kier alpha value is -0.820. The zero-order valence-electron chi connectivity index (χ0n) is 7.83. The first-order valence-electron chi connectivity index (χ1n) is 4.41. The van der Waals surface area contributed by atoms with Crippen molar-refractivity contribution in [3.05, 3.63) is 34.3 Å². The highest BCUT2D eigenvalue weighted by atomic mass is 79.9. The Morgan fingerprint density at radius 2 is 2.21 bits per heavy atom. The molecule has 0 spiro atoms. The van der Waals surface area contributed by atoms with Gasteiger partial charge in [0.1, 0.15) is 0 Å². The number of nitrogens with one attached hydrogen (secondary N) is 1. The molecule has 0 fully saturated rings. The highest BCUT2D eigenvalue weighted by Gasteiger charge is 2.07. The highest BCUT2D eigenvalue weighted by molar-refractivity contribution is 9.10. The van der Waals surface area contributed by atoms with E-state index < -0.39 is 0 Å². The molecule has 74 valence electrons. The minimum atomic E-state index is 0.138. The van der Waals surface area contributed by atoms with E-state index in [1.807, 2.05) is 18.2 Å². The molecule has 1 aromatic carbocycles. The van der Waals surface area contributed by atoms with Gasteiger partial charge in [-0.25, -0.2) is 0 Å². The molecule has 3 heteroatoms. The maximum atomic E-state index is 5.40. The van der Waals surface area contributed by atoms with E-state index in [0.29, 0.717) is 6.42 Å². The molecule has 1 atom stereocenters. The number of nitrogens with two attached hydrogens (primary N) is 1. The lowest BCUT2D eigenvalue weighted by atomic mass is 10.0. The summed E-state index contributed by atoms with van der Waals surface area (Å²) in [7, 11) is 0. The van der Waals surface area contributed by atoms with Gasteiger partial charge >= 0.3 is 0 Å². The quantitative estimate of drug-likeness (QED) is 0.488. The van der Waals surface area contributed by atoms with E-state index in [1.165, 1.54) is 5.56 Å². The standard InChI is InChI=1S/C11H13BrN2/c1-2-5-10(14-13)8-9-6-3-4-7-11(9)12/h1,3-4,6-7,10,14H,5,8,13H2. The average molecular weight is 253 g/mol. The summed E-state index contributed by atoms with van der Waals surface area (Å²) in [5.41, 5.74) is 3.93. The van der Waals surface area contributed by atoms with Crippen molar-refractivity contribution in [1.29, 1.82) is 0 Å². The van der Waals surface area contributed by atoms with Crippen LogP contribution in [0.2, 0.25) is 0 Å². The van der Waals surface area contributed by atoms with E-state index >= 15 is 0 Å². The third-order valence-corrected chi connectivity index (χ3v) is 2.80. The molecule has 1 rings (SSSR count). The van der Waals surface area contributed by atoms with E-state index in [2.05, 4.69) is 33.3 Å². The second-order valence-electron chi connectivity index (χ2n) is 3.07. The minimum Gasteiger partial charge on any atom is -0.271 e. The van der Waals surface area contributed by atoms with Gasteiger partial charge in [0.15, 0.2) is 0 Å². The Morgan fingerprint density at radius 1 is 1.50 bits per heavy atom. The van der Waals surface area contributed by atoms with Crippen LogP contribution >= 0.6 is 15.9 Å². The fourth-order valence-electron chi connectivity index (χ4n) is 1.26. The van der Waals surface area contributed by atoms with E-state index in [1.54, 1.807) is 0 Å². The molecule has 0 aliphatic carbocycles. The molecule has 0 saturated heterocycles. The van der Waals surface area contributed by atoms with Gasteiger partial charge < -0.3 is 0 Å². The van der Waals surface area contributed by atoms with E-state index in [-0.39, 0.29) is 6.04 Å². The Morgan fingerprint density at radius 3 is 2.79 bits per heavy atom. The second-order valence-corrected chi connectivity index (χ2v) is 3.92. The van der Waals surface area contributed by atoms with Gasteiger partial charge in [-0.2, -0.15) is 0 Å². The van der Waals surface area contributed by atoms with Gasteiger partial charge in [0.25, 0.3) is 0 Å². The number of rotatable bonds is 4. The molecule has 3 N–H and O–H groups in total. The molecular formula is C11H13BrN2. The molecule has 2 nitrogen and oxygen atoms in total. The van der Waals surface area contributed by atoms with Crippen molar-refractivity contribution >= 4 is 15.9 Å². The normalized spacial score (nSPS) is 12.1. The van der Waals surface area contributed by atoms with Crippen LogP contribution in [0, 0.1) is 12.3 Å². The zero-order chi connectivity index (χ0) is 10.4. The predicted octanol–water partition coefficient (Wildman–Crippen LogP) is 1.85. The summed E-state index contributed by atoms with van der Waals surface area (Å²) in [6.45, 7) is 0. The number of hydrogen-bond acceptors (Lipinski definition) is 2. The molecule has 0 aliphatic heterocycles. The fourth-order valence-corrected chi connectivity index (χ4v) is 1.71. The lowest BCUT2D eigenvalue weighted by molar-refractivity contribution is 0.536. The van der Waals surface area contributed by atoms with E-state index in [9.17, 15) is 0 Å². The molecule has 0 heterocycles. The van der Waals surface area contributed by atoms with Gasteiger partial charge in [0.2, 0.25) is 0 Å². The molecule has 1 unspecified atom stereocenters. The average Bonchev–Trinajstić information content (AvgIpc) is 2.20. The van der Waals surface area contributed by atoms with Gasteiger partial charge in [-0.15, -0.1) is 12.3 Å². The van der Waals surface area contributed by atoms with Crippen molar-refractivity contribution in [3.8, 4) is 12.3 Å². The minimum absolute atomic E-state index is 0.138. The van der Waals surface area contributed by atoms with Crippen LogP contribution < -0.4 is 11.3 Å². The third kappa shape index (κ3) is 3.15. The van der Waals surface area contributed by atoms with Crippen LogP contribution in [0.15, 0.2) is 28.7 Å². The Balaban J connectivity index is 2.68. The smallest absolute Gasteiger partial charge is 0.0360 e. The lowest BCUT2D eigenvalue weighted by Crippen LogP contribution is -2.36. The van der Waals surface area contributed by atoms with Crippen LogP contribution in [0.3, 0.4) is 0 Å². The number of terminal acetylenes is 1. The van der Waals surface area contributed by atoms with Crippen LogP contribution in [-0.2, 0) is 6.42 Å². The van der Waals surface area contributed by atoms with Crippen molar-refractivity contribution in [2.75, 3.05) is 0 Å². The maximum absolute atomic E-state index is 5.40. The Labute approximate surface area is 93.0 Å². The summed E-state index contributed by atoms with van der Waals surface area (Å²) in [6.07, 6.45) is 6.71. The molecule has 0 amide bonds. The summed E-state index contributed by atoms with van der Waals surface area (Å²) < 4.78 is 1.09. The van der Waals surface area contributed by atoms with Crippen molar-refractivity contribution in [2.45, 2.75) is 18.9 Å². The molecule has 0 saturated carbocycles. The highest BCUT2D eigenvalue weighted by Crippen LogP contribution is 2.17. The van der Waals surface area contributed by atoms with Gasteiger partial charge in [0.05, 0.1) is 0 Å². The first-order valence-corrected chi connectivity index (χ1v) is 5.20. The number of benzene rings is 1. The fraction of sp³-hybridized carbons (Fsp3) is 0.273. The molecule has 0 radical (unpaired) electrons. The van der Waals surface area contributed by atoms with Crippen molar-refractivity contribution < 1.29 is 0 Å². The maximum Gasteiger partial charge on any atom is 0.0360 e. The summed E-state index contributed by atoms with van der Waals surface area (Å²) in [4.78, 5) is 0. The first-order chi connectivity index (χ1) is 6.77. The van der Waals surface area contributed by atoms with Crippen molar-refractivity contribution in [2.24, 2.45) is 5.84 Å².